The molecule has 0 spiro atoms. The van der Waals surface area contributed by atoms with Crippen molar-refractivity contribution in [3.05, 3.63) is 48.0 Å². The maximum Gasteiger partial charge on any atom is 0.113 e. The van der Waals surface area contributed by atoms with Crippen LogP contribution in [0.5, 0.6) is 0 Å². The van der Waals surface area contributed by atoms with Crippen molar-refractivity contribution in [1.82, 2.24) is 9.55 Å². The first kappa shape index (κ1) is 10.9. The van der Waals surface area contributed by atoms with E-state index in [9.17, 15) is 0 Å². The fraction of sp³-hybridized carbons (Fsp3) is 0.308. The van der Waals surface area contributed by atoms with Gasteiger partial charge in [-0.3, -0.25) is 0 Å². The lowest BCUT2D eigenvalue weighted by Crippen LogP contribution is -2.01. The Morgan fingerprint density at radius 1 is 1.25 bits per heavy atom. The molecule has 2 rings (SSSR count). The Morgan fingerprint density at radius 2 is 2.00 bits per heavy atom. The Hall–Kier alpha value is -1.61. The lowest BCUT2D eigenvalue weighted by molar-refractivity contribution is 0.809. The second-order valence-electron chi connectivity index (χ2n) is 3.83. The molecule has 0 saturated heterocycles. The van der Waals surface area contributed by atoms with E-state index < -0.39 is 0 Å². The lowest BCUT2D eigenvalue weighted by atomic mass is 10.2. The highest BCUT2D eigenvalue weighted by Gasteiger charge is 2.03. The van der Waals surface area contributed by atoms with E-state index in [-0.39, 0.29) is 0 Å². The van der Waals surface area contributed by atoms with Crippen LogP contribution < -0.4 is 5.73 Å². The van der Waals surface area contributed by atoms with Gasteiger partial charge in [0.05, 0.1) is 0 Å². The molecule has 0 saturated carbocycles. The van der Waals surface area contributed by atoms with Gasteiger partial charge in [0.15, 0.2) is 0 Å². The van der Waals surface area contributed by atoms with Gasteiger partial charge in [-0.2, -0.15) is 0 Å². The molecule has 16 heavy (non-hydrogen) atoms. The molecule has 0 aliphatic carbocycles. The minimum absolute atomic E-state index is 0.589. The van der Waals surface area contributed by atoms with Crippen LogP contribution in [0.3, 0.4) is 0 Å². The Kier molecular flexibility index (Phi) is 3.37. The van der Waals surface area contributed by atoms with Crippen LogP contribution >= 0.6 is 0 Å². The largest absolute Gasteiger partial charge is 0.326 e. The minimum Gasteiger partial charge on any atom is -0.326 e. The quantitative estimate of drug-likeness (QED) is 0.850. The number of rotatable bonds is 4. The predicted octanol–water partition coefficient (Wildman–Crippen LogP) is 2.28. The molecule has 1 aromatic heterocycles. The number of hydrogen-bond acceptors (Lipinski definition) is 2. The molecule has 2 aromatic rings. The second-order valence-corrected chi connectivity index (χ2v) is 3.83. The van der Waals surface area contributed by atoms with Gasteiger partial charge in [0.1, 0.15) is 5.82 Å². The van der Waals surface area contributed by atoms with Gasteiger partial charge in [0.25, 0.3) is 0 Å². The second kappa shape index (κ2) is 4.94. The number of hydrogen-bond donors (Lipinski definition) is 1. The molecule has 0 unspecified atom stereocenters. The average molecular weight is 215 g/mol. The summed E-state index contributed by atoms with van der Waals surface area (Å²) in [5, 5.41) is 0. The van der Waals surface area contributed by atoms with Gasteiger partial charge in [-0.15, -0.1) is 0 Å². The van der Waals surface area contributed by atoms with Crippen LogP contribution in [0.4, 0.5) is 0 Å². The molecule has 3 nitrogen and oxygen atoms in total. The molecule has 0 atom stereocenters. The first-order valence-electron chi connectivity index (χ1n) is 5.66. The van der Waals surface area contributed by atoms with Gasteiger partial charge in [-0.05, 0) is 24.1 Å². The fourth-order valence-electron chi connectivity index (χ4n) is 1.77. The molecule has 0 amide bonds. The molecule has 0 radical (unpaired) electrons. The Labute approximate surface area is 95.9 Å². The summed E-state index contributed by atoms with van der Waals surface area (Å²) in [5.74, 6) is 1.11. The Bertz CT molecular complexity index is 442. The fourth-order valence-corrected chi connectivity index (χ4v) is 1.77. The lowest BCUT2D eigenvalue weighted by Gasteiger charge is -2.07. The highest BCUT2D eigenvalue weighted by Crippen LogP contribution is 2.13. The van der Waals surface area contributed by atoms with Crippen molar-refractivity contribution in [1.29, 1.82) is 0 Å². The van der Waals surface area contributed by atoms with E-state index in [1.165, 1.54) is 0 Å². The zero-order valence-corrected chi connectivity index (χ0v) is 9.56. The van der Waals surface area contributed by atoms with Crippen LogP contribution in [0, 0.1) is 0 Å². The van der Waals surface area contributed by atoms with Crippen molar-refractivity contribution >= 4 is 0 Å². The van der Waals surface area contributed by atoms with E-state index in [1.54, 1.807) is 0 Å². The molecular weight excluding hydrogens is 198 g/mol. The van der Waals surface area contributed by atoms with Crippen LogP contribution in [0.25, 0.3) is 5.69 Å². The maximum absolute atomic E-state index is 5.58. The van der Waals surface area contributed by atoms with Gasteiger partial charge in [-0.25, -0.2) is 4.98 Å². The molecule has 0 aliphatic rings. The van der Waals surface area contributed by atoms with E-state index >= 15 is 0 Å². The number of nitrogens with two attached hydrogens (primary N) is 1. The monoisotopic (exact) mass is 215 g/mol. The van der Waals surface area contributed by atoms with E-state index in [4.69, 9.17) is 5.73 Å². The van der Waals surface area contributed by atoms with E-state index in [1.807, 2.05) is 12.4 Å². The van der Waals surface area contributed by atoms with Crippen molar-refractivity contribution < 1.29 is 0 Å². The van der Waals surface area contributed by atoms with Gasteiger partial charge < -0.3 is 10.3 Å². The van der Waals surface area contributed by atoms with E-state index in [2.05, 4.69) is 40.7 Å². The first-order valence-corrected chi connectivity index (χ1v) is 5.66. The van der Waals surface area contributed by atoms with E-state index in [0.717, 1.165) is 29.9 Å². The van der Waals surface area contributed by atoms with Crippen molar-refractivity contribution in [2.24, 2.45) is 5.73 Å². The highest BCUT2D eigenvalue weighted by atomic mass is 15.1. The van der Waals surface area contributed by atoms with Crippen LogP contribution in [0.1, 0.15) is 24.7 Å². The maximum atomic E-state index is 5.58. The van der Waals surface area contributed by atoms with Crippen molar-refractivity contribution in [2.45, 2.75) is 26.3 Å². The van der Waals surface area contributed by atoms with Gasteiger partial charge >= 0.3 is 0 Å². The average Bonchev–Trinajstić information content (AvgIpc) is 2.78. The molecule has 2 N–H and O–H groups in total. The Balaban J connectivity index is 2.31. The zero-order chi connectivity index (χ0) is 11.4. The third kappa shape index (κ3) is 2.14. The molecule has 84 valence electrons. The van der Waals surface area contributed by atoms with Gasteiger partial charge in [0.2, 0.25) is 0 Å². The van der Waals surface area contributed by atoms with Crippen LogP contribution in [0.15, 0.2) is 36.7 Å². The van der Waals surface area contributed by atoms with Gasteiger partial charge in [0, 0.05) is 31.0 Å². The minimum atomic E-state index is 0.589. The summed E-state index contributed by atoms with van der Waals surface area (Å²) in [7, 11) is 0. The van der Waals surface area contributed by atoms with Crippen molar-refractivity contribution in [3.8, 4) is 5.69 Å². The smallest absolute Gasteiger partial charge is 0.113 e. The third-order valence-corrected chi connectivity index (χ3v) is 2.64. The molecule has 1 aromatic carbocycles. The molecule has 3 heteroatoms. The summed E-state index contributed by atoms with van der Waals surface area (Å²) < 4.78 is 2.13. The van der Waals surface area contributed by atoms with Crippen LogP contribution in [-0.2, 0) is 13.0 Å². The number of nitrogens with zero attached hydrogens (tertiary/aromatic N) is 2. The summed E-state index contributed by atoms with van der Waals surface area (Å²) in [5.41, 5.74) is 7.88. The molecule has 0 bridgehead atoms. The third-order valence-electron chi connectivity index (χ3n) is 2.64. The SMILES string of the molecule is CCCc1nccn1-c1ccc(CN)cc1. The summed E-state index contributed by atoms with van der Waals surface area (Å²) in [6.45, 7) is 2.75. The molecule has 0 aliphatic heterocycles. The molecule has 1 heterocycles. The first-order chi connectivity index (χ1) is 7.85. The highest BCUT2D eigenvalue weighted by molar-refractivity contribution is 5.35. The van der Waals surface area contributed by atoms with Crippen LogP contribution in [-0.4, -0.2) is 9.55 Å². The molecular formula is C13H17N3. The van der Waals surface area contributed by atoms with E-state index in [0.29, 0.717) is 6.54 Å². The molecule has 0 fully saturated rings. The normalized spacial score (nSPS) is 10.6. The Morgan fingerprint density at radius 3 is 2.62 bits per heavy atom. The number of aryl methyl sites for hydroxylation is 1. The number of aromatic nitrogens is 2. The number of benzene rings is 1. The van der Waals surface area contributed by atoms with Crippen molar-refractivity contribution in [2.75, 3.05) is 0 Å². The zero-order valence-electron chi connectivity index (χ0n) is 9.56. The summed E-state index contributed by atoms with van der Waals surface area (Å²) >= 11 is 0. The topological polar surface area (TPSA) is 43.8 Å². The van der Waals surface area contributed by atoms with Crippen LogP contribution in [0.2, 0.25) is 0 Å². The summed E-state index contributed by atoms with van der Waals surface area (Å²) in [4.78, 5) is 4.36. The van der Waals surface area contributed by atoms with Gasteiger partial charge in [-0.1, -0.05) is 19.1 Å². The predicted molar refractivity (Wildman–Crippen MR) is 65.5 cm³/mol. The number of imidazole rings is 1. The van der Waals surface area contributed by atoms with Crippen molar-refractivity contribution in [3.63, 3.8) is 0 Å². The summed E-state index contributed by atoms with van der Waals surface area (Å²) in [6.07, 6.45) is 5.97. The standard InChI is InChI=1S/C13H17N3/c1-2-3-13-15-8-9-16(13)12-6-4-11(10-14)5-7-12/h4-9H,2-3,10,14H2,1H3. The summed E-state index contributed by atoms with van der Waals surface area (Å²) in [6, 6.07) is 8.29.